The van der Waals surface area contributed by atoms with Crippen molar-refractivity contribution >= 4 is 11.7 Å². The minimum Gasteiger partial charge on any atom is -0.388 e. The monoisotopic (exact) mass is 260 g/mol. The van der Waals surface area contributed by atoms with Gasteiger partial charge < -0.3 is 10.4 Å². The summed E-state index contributed by atoms with van der Waals surface area (Å²) in [5.74, 6) is 0. The molecule has 0 aromatic heterocycles. The number of aliphatic hydroxyl groups excluding tert-OH is 1. The van der Waals surface area contributed by atoms with Crippen molar-refractivity contribution in [2.24, 2.45) is 0 Å². The minimum atomic E-state index is -0.460. The summed E-state index contributed by atoms with van der Waals surface area (Å²) in [4.78, 5) is 14.1. The standard InChI is InChI=1S/C15H20N2O2/c18-14-9-4-10-17(13-8-2-1-7-12(13)14)15(19)16-11-5-3-6-11/h1-2,7-8,11,14,18H,3-6,9-10H2,(H,16,19). The normalized spacial score (nSPS) is 23.2. The zero-order chi connectivity index (χ0) is 13.2. The molecule has 102 valence electrons. The topological polar surface area (TPSA) is 52.6 Å². The molecule has 0 spiro atoms. The van der Waals surface area contributed by atoms with E-state index in [1.165, 1.54) is 6.42 Å². The van der Waals surface area contributed by atoms with Crippen LogP contribution in [0.5, 0.6) is 0 Å². The van der Waals surface area contributed by atoms with Crippen LogP contribution in [-0.2, 0) is 0 Å². The van der Waals surface area contributed by atoms with Gasteiger partial charge in [-0.05, 0) is 38.2 Å². The maximum absolute atomic E-state index is 12.4. The smallest absolute Gasteiger partial charge is 0.322 e. The molecule has 1 aromatic rings. The zero-order valence-electron chi connectivity index (χ0n) is 11.0. The summed E-state index contributed by atoms with van der Waals surface area (Å²) in [7, 11) is 0. The van der Waals surface area contributed by atoms with Gasteiger partial charge in [0.15, 0.2) is 0 Å². The Balaban J connectivity index is 1.83. The van der Waals surface area contributed by atoms with Gasteiger partial charge in [0.2, 0.25) is 0 Å². The lowest BCUT2D eigenvalue weighted by Gasteiger charge is -2.30. The quantitative estimate of drug-likeness (QED) is 0.815. The molecule has 1 saturated carbocycles. The van der Waals surface area contributed by atoms with Crippen LogP contribution < -0.4 is 10.2 Å². The average molecular weight is 260 g/mol. The summed E-state index contributed by atoms with van der Waals surface area (Å²) in [6, 6.07) is 7.98. The highest BCUT2D eigenvalue weighted by molar-refractivity contribution is 5.93. The van der Waals surface area contributed by atoms with Crippen LogP contribution in [0.3, 0.4) is 0 Å². The highest BCUT2D eigenvalue weighted by Gasteiger charge is 2.27. The number of nitrogens with one attached hydrogen (secondary N) is 1. The highest BCUT2D eigenvalue weighted by atomic mass is 16.3. The Labute approximate surface area is 113 Å². The first kappa shape index (κ1) is 12.5. The number of nitrogens with zero attached hydrogens (tertiary/aromatic N) is 1. The zero-order valence-corrected chi connectivity index (χ0v) is 11.0. The molecule has 4 heteroatoms. The Morgan fingerprint density at radius 2 is 2.00 bits per heavy atom. The Bertz CT molecular complexity index is 471. The molecule has 4 nitrogen and oxygen atoms in total. The van der Waals surface area contributed by atoms with Crippen molar-refractivity contribution in [3.8, 4) is 0 Å². The molecule has 0 bridgehead atoms. The van der Waals surface area contributed by atoms with Crippen molar-refractivity contribution in [2.75, 3.05) is 11.4 Å². The number of carbonyl (C=O) groups excluding carboxylic acids is 1. The van der Waals surface area contributed by atoms with E-state index in [9.17, 15) is 9.90 Å². The van der Waals surface area contributed by atoms with E-state index in [4.69, 9.17) is 0 Å². The molecule has 1 aliphatic heterocycles. The van der Waals surface area contributed by atoms with E-state index in [1.54, 1.807) is 4.90 Å². The second-order valence-corrected chi connectivity index (χ2v) is 5.45. The lowest BCUT2D eigenvalue weighted by molar-refractivity contribution is 0.168. The van der Waals surface area contributed by atoms with Crippen molar-refractivity contribution in [1.29, 1.82) is 0 Å². The van der Waals surface area contributed by atoms with Crippen LogP contribution in [0.15, 0.2) is 24.3 Å². The van der Waals surface area contributed by atoms with Crippen molar-refractivity contribution < 1.29 is 9.90 Å². The van der Waals surface area contributed by atoms with Gasteiger partial charge in [0, 0.05) is 18.2 Å². The van der Waals surface area contributed by atoms with Crippen LogP contribution in [0, 0.1) is 0 Å². The van der Waals surface area contributed by atoms with Crippen LogP contribution >= 0.6 is 0 Å². The first-order chi connectivity index (χ1) is 9.25. The number of amides is 2. The number of hydrogen-bond donors (Lipinski definition) is 2. The number of rotatable bonds is 1. The lowest BCUT2D eigenvalue weighted by Crippen LogP contribution is -2.47. The maximum Gasteiger partial charge on any atom is 0.322 e. The molecule has 1 fully saturated rings. The van der Waals surface area contributed by atoms with Gasteiger partial charge in [-0.3, -0.25) is 4.90 Å². The molecule has 1 unspecified atom stereocenters. The van der Waals surface area contributed by atoms with E-state index in [1.807, 2.05) is 24.3 Å². The van der Waals surface area contributed by atoms with Gasteiger partial charge >= 0.3 is 6.03 Å². The van der Waals surface area contributed by atoms with Crippen molar-refractivity contribution in [1.82, 2.24) is 5.32 Å². The van der Waals surface area contributed by atoms with E-state index < -0.39 is 6.10 Å². The van der Waals surface area contributed by atoms with Gasteiger partial charge in [-0.15, -0.1) is 0 Å². The Morgan fingerprint density at radius 3 is 2.74 bits per heavy atom. The molecular weight excluding hydrogens is 240 g/mol. The van der Waals surface area contributed by atoms with Crippen LogP contribution in [0.2, 0.25) is 0 Å². The third kappa shape index (κ3) is 2.45. The SMILES string of the molecule is O=C(NC1CCC1)N1CCCC(O)c2ccccc21. The first-order valence-electron chi connectivity index (χ1n) is 7.11. The molecule has 1 aliphatic carbocycles. The summed E-state index contributed by atoms with van der Waals surface area (Å²) in [6.45, 7) is 0.673. The summed E-state index contributed by atoms with van der Waals surface area (Å²) in [6.07, 6.45) is 4.46. The van der Waals surface area contributed by atoms with Gasteiger partial charge in [0.25, 0.3) is 0 Å². The predicted molar refractivity (Wildman–Crippen MR) is 74.2 cm³/mol. The largest absolute Gasteiger partial charge is 0.388 e. The number of urea groups is 1. The van der Waals surface area contributed by atoms with E-state index in [-0.39, 0.29) is 6.03 Å². The number of carbonyl (C=O) groups is 1. The van der Waals surface area contributed by atoms with Crippen LogP contribution in [0.1, 0.15) is 43.8 Å². The number of aliphatic hydroxyl groups is 1. The summed E-state index contributed by atoms with van der Waals surface area (Å²) in [5.41, 5.74) is 1.72. The first-order valence-corrected chi connectivity index (χ1v) is 7.11. The second kappa shape index (κ2) is 5.21. The summed E-state index contributed by atoms with van der Waals surface area (Å²) < 4.78 is 0. The maximum atomic E-state index is 12.4. The summed E-state index contributed by atoms with van der Waals surface area (Å²) >= 11 is 0. The van der Waals surface area contributed by atoms with E-state index in [0.29, 0.717) is 19.0 Å². The number of benzene rings is 1. The third-order valence-corrected chi connectivity index (χ3v) is 4.12. The molecule has 1 heterocycles. The molecule has 1 aromatic carbocycles. The number of hydrogen-bond acceptors (Lipinski definition) is 2. The molecule has 1 atom stereocenters. The molecule has 19 heavy (non-hydrogen) atoms. The molecule has 2 aliphatic rings. The van der Waals surface area contributed by atoms with Gasteiger partial charge in [-0.1, -0.05) is 18.2 Å². The molecule has 2 N–H and O–H groups in total. The lowest BCUT2D eigenvalue weighted by atomic mass is 9.93. The van der Waals surface area contributed by atoms with E-state index >= 15 is 0 Å². The van der Waals surface area contributed by atoms with Crippen LogP contribution in [-0.4, -0.2) is 23.7 Å². The summed E-state index contributed by atoms with van der Waals surface area (Å²) in [5, 5.41) is 13.2. The molecule has 0 saturated heterocycles. The van der Waals surface area contributed by atoms with Gasteiger partial charge in [-0.25, -0.2) is 4.79 Å². The second-order valence-electron chi connectivity index (χ2n) is 5.45. The van der Waals surface area contributed by atoms with Crippen LogP contribution in [0.4, 0.5) is 10.5 Å². The number of para-hydroxylation sites is 1. The fraction of sp³-hybridized carbons (Fsp3) is 0.533. The van der Waals surface area contributed by atoms with E-state index in [2.05, 4.69) is 5.32 Å². The number of fused-ring (bicyclic) bond motifs is 1. The fourth-order valence-electron chi connectivity index (χ4n) is 2.75. The van der Waals surface area contributed by atoms with Crippen molar-refractivity contribution in [3.63, 3.8) is 0 Å². The van der Waals surface area contributed by atoms with Crippen molar-refractivity contribution in [3.05, 3.63) is 29.8 Å². The van der Waals surface area contributed by atoms with Crippen LogP contribution in [0.25, 0.3) is 0 Å². The molecule has 2 amide bonds. The molecular formula is C15H20N2O2. The number of anilines is 1. The van der Waals surface area contributed by atoms with Gasteiger partial charge in [-0.2, -0.15) is 0 Å². The Hall–Kier alpha value is -1.55. The van der Waals surface area contributed by atoms with Gasteiger partial charge in [0.05, 0.1) is 11.8 Å². The average Bonchev–Trinajstić information content (AvgIpc) is 2.54. The Morgan fingerprint density at radius 1 is 1.21 bits per heavy atom. The fourth-order valence-corrected chi connectivity index (χ4v) is 2.75. The Kier molecular flexibility index (Phi) is 3.42. The predicted octanol–water partition coefficient (Wildman–Crippen LogP) is 2.58. The van der Waals surface area contributed by atoms with Gasteiger partial charge in [0.1, 0.15) is 0 Å². The van der Waals surface area contributed by atoms with Crippen molar-refractivity contribution in [2.45, 2.75) is 44.2 Å². The molecule has 3 rings (SSSR count). The highest BCUT2D eigenvalue weighted by Crippen LogP contribution is 2.32. The van der Waals surface area contributed by atoms with E-state index in [0.717, 1.165) is 30.5 Å². The third-order valence-electron chi connectivity index (χ3n) is 4.12. The molecule has 0 radical (unpaired) electrons. The minimum absolute atomic E-state index is 0.0220.